The van der Waals surface area contributed by atoms with Gasteiger partial charge in [0, 0.05) is 4.47 Å². The predicted octanol–water partition coefficient (Wildman–Crippen LogP) is 4.06. The van der Waals surface area contributed by atoms with E-state index in [4.69, 9.17) is 0 Å². The number of aromatic nitrogens is 3. The Labute approximate surface area is 169 Å². The second kappa shape index (κ2) is 7.36. The number of thioether (sulfide) groups is 1. The van der Waals surface area contributed by atoms with Crippen molar-refractivity contribution in [3.8, 4) is 0 Å². The molecule has 2 aromatic carbocycles. The number of halogens is 1. The summed E-state index contributed by atoms with van der Waals surface area (Å²) in [4.78, 5) is 13.2. The number of amides is 1. The van der Waals surface area contributed by atoms with Crippen molar-refractivity contribution < 1.29 is 4.79 Å². The number of aryl methyl sites for hydroxylation is 2. The van der Waals surface area contributed by atoms with E-state index in [9.17, 15) is 4.79 Å². The van der Waals surface area contributed by atoms with Gasteiger partial charge in [-0.15, -0.1) is 10.2 Å². The van der Waals surface area contributed by atoms with Gasteiger partial charge < -0.3 is 10.7 Å². The molecule has 8 heteroatoms. The van der Waals surface area contributed by atoms with Crippen LogP contribution in [0.2, 0.25) is 0 Å². The van der Waals surface area contributed by atoms with Gasteiger partial charge in [-0.05, 0) is 53.0 Å². The van der Waals surface area contributed by atoms with Gasteiger partial charge in [-0.1, -0.05) is 48.2 Å². The number of nitrogens with one attached hydrogen (secondary N) is 2. The summed E-state index contributed by atoms with van der Waals surface area (Å²) in [7, 11) is 0. The van der Waals surface area contributed by atoms with Crippen molar-refractivity contribution in [2.75, 3.05) is 10.7 Å². The van der Waals surface area contributed by atoms with Crippen LogP contribution < -0.4 is 10.7 Å². The molecule has 27 heavy (non-hydrogen) atoms. The molecule has 0 spiro atoms. The first-order chi connectivity index (χ1) is 13.0. The van der Waals surface area contributed by atoms with Crippen LogP contribution in [0.25, 0.3) is 0 Å². The molecule has 2 heterocycles. The van der Waals surface area contributed by atoms with Gasteiger partial charge in [0.15, 0.2) is 0 Å². The van der Waals surface area contributed by atoms with E-state index in [-0.39, 0.29) is 11.9 Å². The van der Waals surface area contributed by atoms with Gasteiger partial charge >= 0.3 is 0 Å². The summed E-state index contributed by atoms with van der Waals surface area (Å²) in [6.07, 6.45) is 0. The first kappa shape index (κ1) is 18.1. The smallest absolute Gasteiger partial charge is 0.240 e. The molecule has 0 bridgehead atoms. The van der Waals surface area contributed by atoms with Crippen LogP contribution in [0.15, 0.2) is 58.2 Å². The molecule has 0 saturated heterocycles. The monoisotopic (exact) mass is 443 g/mol. The highest BCUT2D eigenvalue weighted by Gasteiger charge is 2.37. The van der Waals surface area contributed by atoms with E-state index in [2.05, 4.69) is 36.9 Å². The standard InChI is InChI=1S/C19H18BrN5OS/c1-11-8-9-15(14(20)10-11)21-18(26)17-16(13-6-4-3-5-7-13)24-25-12(2)22-23-19(25)27-17/h3-10,16-17,24H,1-2H3,(H,21,26)/t16-,17+/m1/s1. The number of rotatable bonds is 3. The van der Waals surface area contributed by atoms with Gasteiger partial charge in [0.1, 0.15) is 11.1 Å². The number of fused-ring (bicyclic) bond motifs is 1. The lowest BCUT2D eigenvalue weighted by atomic mass is 10.0. The molecule has 2 atom stereocenters. The highest BCUT2D eigenvalue weighted by atomic mass is 79.9. The fourth-order valence-corrected chi connectivity index (χ4v) is 4.71. The molecule has 6 nitrogen and oxygen atoms in total. The minimum atomic E-state index is -0.392. The summed E-state index contributed by atoms with van der Waals surface area (Å²) in [6, 6.07) is 15.6. The molecular weight excluding hydrogens is 426 g/mol. The summed E-state index contributed by atoms with van der Waals surface area (Å²) in [5.41, 5.74) is 6.31. The Hall–Kier alpha value is -2.32. The third-order valence-corrected chi connectivity index (χ3v) is 6.27. The molecule has 0 aliphatic carbocycles. The Kier molecular flexibility index (Phi) is 4.92. The Morgan fingerprint density at radius 1 is 1.19 bits per heavy atom. The van der Waals surface area contributed by atoms with E-state index >= 15 is 0 Å². The van der Waals surface area contributed by atoms with Gasteiger partial charge in [0.25, 0.3) is 0 Å². The maximum Gasteiger partial charge on any atom is 0.240 e. The van der Waals surface area contributed by atoms with E-state index in [1.54, 1.807) is 0 Å². The molecule has 138 valence electrons. The SMILES string of the molecule is Cc1ccc(NC(=O)[C@H]2Sc3nnc(C)n3N[C@@H]2c2ccccc2)c(Br)c1. The number of carbonyl (C=O) groups excluding carboxylic acids is 1. The summed E-state index contributed by atoms with van der Waals surface area (Å²) in [5.74, 6) is 0.677. The van der Waals surface area contributed by atoms with Crippen molar-refractivity contribution >= 4 is 39.3 Å². The maximum atomic E-state index is 13.2. The fourth-order valence-electron chi connectivity index (χ4n) is 3.00. The fraction of sp³-hybridized carbons (Fsp3) is 0.211. The molecule has 2 N–H and O–H groups in total. The second-order valence-corrected chi connectivity index (χ2v) is 8.36. The van der Waals surface area contributed by atoms with Crippen LogP contribution in [0.4, 0.5) is 5.69 Å². The van der Waals surface area contributed by atoms with E-state index < -0.39 is 5.25 Å². The summed E-state index contributed by atoms with van der Waals surface area (Å²) >= 11 is 4.94. The quantitative estimate of drug-likeness (QED) is 0.638. The number of carbonyl (C=O) groups is 1. The van der Waals surface area contributed by atoms with Crippen LogP contribution in [0.3, 0.4) is 0 Å². The maximum absolute atomic E-state index is 13.2. The van der Waals surface area contributed by atoms with Crippen LogP contribution in [-0.4, -0.2) is 26.0 Å². The lowest BCUT2D eigenvalue weighted by Crippen LogP contribution is -2.41. The molecule has 4 rings (SSSR count). The van der Waals surface area contributed by atoms with Crippen LogP contribution >= 0.6 is 27.7 Å². The first-order valence-electron chi connectivity index (χ1n) is 8.50. The molecule has 1 aromatic heterocycles. The average molecular weight is 444 g/mol. The number of hydrogen-bond acceptors (Lipinski definition) is 5. The van der Waals surface area contributed by atoms with Gasteiger partial charge in [-0.25, -0.2) is 4.68 Å². The number of anilines is 1. The highest BCUT2D eigenvalue weighted by Crippen LogP contribution is 2.37. The van der Waals surface area contributed by atoms with Crippen LogP contribution in [0.1, 0.15) is 23.0 Å². The van der Waals surface area contributed by atoms with Gasteiger partial charge in [-0.3, -0.25) is 4.79 Å². The third-order valence-electron chi connectivity index (χ3n) is 4.40. The molecule has 0 saturated carbocycles. The van der Waals surface area contributed by atoms with Crippen LogP contribution in [0.5, 0.6) is 0 Å². The van der Waals surface area contributed by atoms with E-state index in [1.807, 2.05) is 67.1 Å². The van der Waals surface area contributed by atoms with Gasteiger partial charge in [0.2, 0.25) is 11.1 Å². The molecule has 0 fully saturated rings. The molecule has 1 aliphatic rings. The third kappa shape index (κ3) is 3.59. The van der Waals surface area contributed by atoms with Gasteiger partial charge in [-0.2, -0.15) is 0 Å². The van der Waals surface area contributed by atoms with Crippen LogP contribution in [0, 0.1) is 13.8 Å². The van der Waals surface area contributed by atoms with Crippen molar-refractivity contribution in [1.29, 1.82) is 0 Å². The minimum Gasteiger partial charge on any atom is -0.324 e. The summed E-state index contributed by atoms with van der Waals surface area (Å²) in [5, 5.41) is 11.6. The zero-order valence-electron chi connectivity index (χ0n) is 14.8. The Bertz CT molecular complexity index is 991. The first-order valence-corrected chi connectivity index (χ1v) is 10.2. The number of nitrogens with zero attached hydrogens (tertiary/aromatic N) is 3. The highest BCUT2D eigenvalue weighted by molar-refractivity contribution is 9.10. The average Bonchev–Trinajstić information content (AvgIpc) is 3.04. The molecule has 1 amide bonds. The zero-order chi connectivity index (χ0) is 19.0. The van der Waals surface area contributed by atoms with E-state index in [0.717, 1.165) is 27.1 Å². The van der Waals surface area contributed by atoms with Crippen molar-refractivity contribution in [3.05, 3.63) is 70.0 Å². The topological polar surface area (TPSA) is 71.8 Å². The zero-order valence-corrected chi connectivity index (χ0v) is 17.2. The molecular formula is C19H18BrN5OS. The largest absolute Gasteiger partial charge is 0.324 e. The molecule has 0 radical (unpaired) electrons. The number of hydrogen-bond donors (Lipinski definition) is 2. The minimum absolute atomic E-state index is 0.0854. The van der Waals surface area contributed by atoms with Crippen molar-refractivity contribution in [3.63, 3.8) is 0 Å². The van der Waals surface area contributed by atoms with Crippen molar-refractivity contribution in [2.24, 2.45) is 0 Å². The Morgan fingerprint density at radius 3 is 2.70 bits per heavy atom. The van der Waals surface area contributed by atoms with E-state index in [1.165, 1.54) is 11.8 Å². The lowest BCUT2D eigenvalue weighted by molar-refractivity contribution is -0.116. The van der Waals surface area contributed by atoms with E-state index in [0.29, 0.717) is 5.16 Å². The normalized spacial score (nSPS) is 18.5. The lowest BCUT2D eigenvalue weighted by Gasteiger charge is -2.32. The Morgan fingerprint density at radius 2 is 1.96 bits per heavy atom. The van der Waals surface area contributed by atoms with Crippen LogP contribution in [-0.2, 0) is 4.79 Å². The predicted molar refractivity (Wildman–Crippen MR) is 110 cm³/mol. The Balaban J connectivity index is 1.66. The van der Waals surface area contributed by atoms with Crippen molar-refractivity contribution in [2.45, 2.75) is 30.3 Å². The summed E-state index contributed by atoms with van der Waals surface area (Å²) < 4.78 is 2.70. The molecule has 0 unspecified atom stereocenters. The van der Waals surface area contributed by atoms with Crippen molar-refractivity contribution in [1.82, 2.24) is 14.9 Å². The molecule has 3 aromatic rings. The van der Waals surface area contributed by atoms with Gasteiger partial charge in [0.05, 0.1) is 11.7 Å². The molecule has 1 aliphatic heterocycles. The number of benzene rings is 2. The second-order valence-electron chi connectivity index (χ2n) is 6.39. The summed E-state index contributed by atoms with van der Waals surface area (Å²) in [6.45, 7) is 3.90.